The van der Waals surface area contributed by atoms with Gasteiger partial charge in [-0.05, 0) is 116 Å². The van der Waals surface area contributed by atoms with Crippen LogP contribution in [0.5, 0.6) is 0 Å². The van der Waals surface area contributed by atoms with Gasteiger partial charge < -0.3 is 38.8 Å². The third-order valence-electron chi connectivity index (χ3n) is 14.4. The molecule has 6 aromatic carbocycles. The summed E-state index contributed by atoms with van der Waals surface area (Å²) in [6.45, 7) is 7.74. The fourth-order valence-corrected chi connectivity index (χ4v) is 10.6. The van der Waals surface area contributed by atoms with Gasteiger partial charge >= 0.3 is 5.97 Å². The van der Waals surface area contributed by atoms with Gasteiger partial charge in [0.25, 0.3) is 0 Å². The summed E-state index contributed by atoms with van der Waals surface area (Å²) in [5.41, 5.74) is 1.68. The Morgan fingerprint density at radius 2 is 1.31 bits per heavy atom. The van der Waals surface area contributed by atoms with Gasteiger partial charge in [-0.3, -0.25) is 9.59 Å². The van der Waals surface area contributed by atoms with Crippen molar-refractivity contribution >= 4 is 17.6 Å². The van der Waals surface area contributed by atoms with E-state index in [4.69, 9.17) is 28.8 Å². The zero-order valence-corrected chi connectivity index (χ0v) is 42.4. The molecule has 2 unspecified atom stereocenters. The van der Waals surface area contributed by atoms with Gasteiger partial charge in [0, 0.05) is 18.2 Å². The molecular formula is C61H59FN4O9. The Morgan fingerprint density at radius 1 is 0.747 bits per heavy atom. The number of carbonyl (C=O) groups excluding carboxylic acids is 2. The lowest BCUT2D eigenvalue weighted by atomic mass is 9.76. The number of esters is 1. The molecule has 4 heterocycles. The third kappa shape index (κ3) is 10.2. The minimum Gasteiger partial charge on any atom is -0.458 e. The first-order valence-electron chi connectivity index (χ1n) is 25.1. The summed E-state index contributed by atoms with van der Waals surface area (Å²) in [5.74, 6) is 3.02. The molecule has 0 spiro atoms. The SMILES string of the molecule is CC(=O)O[C@@H](CC[C@H]1C(=O)N(c2ccc(C#Cc3ncn(C(c4ccccc4)(c4ccccc4)c4ccccc4)n3)cc2)[C@@H]1c1ccc(C2(O)COC(C)(C)OC2C2(O)COC(C)(C)OC2)cc1)c1ccc(F)cc1. The zero-order chi connectivity index (χ0) is 52.6. The summed E-state index contributed by atoms with van der Waals surface area (Å²) in [6, 6.07) is 50.5. The lowest BCUT2D eigenvalue weighted by Gasteiger charge is -2.54. The highest BCUT2D eigenvalue weighted by atomic mass is 19.1. The Balaban J connectivity index is 0.948. The van der Waals surface area contributed by atoms with Crippen LogP contribution < -0.4 is 4.90 Å². The number of aromatic nitrogens is 3. The normalized spacial score (nSPS) is 22.3. The molecule has 5 atom stereocenters. The Kier molecular flexibility index (Phi) is 13.9. The average molecular weight is 1010 g/mol. The Morgan fingerprint density at radius 3 is 1.87 bits per heavy atom. The van der Waals surface area contributed by atoms with Crippen molar-refractivity contribution < 1.29 is 47.9 Å². The molecule has 3 saturated heterocycles. The second kappa shape index (κ2) is 20.4. The highest BCUT2D eigenvalue weighted by Gasteiger charge is 2.59. The summed E-state index contributed by atoms with van der Waals surface area (Å²) >= 11 is 0. The molecule has 10 rings (SSSR count). The maximum Gasteiger partial charge on any atom is 0.303 e. The number of amides is 1. The highest BCUT2D eigenvalue weighted by molar-refractivity contribution is 6.03. The summed E-state index contributed by atoms with van der Waals surface area (Å²) < 4.78 is 45.6. The molecule has 0 radical (unpaired) electrons. The number of benzene rings is 6. The van der Waals surface area contributed by atoms with Crippen molar-refractivity contribution in [1.29, 1.82) is 0 Å². The van der Waals surface area contributed by atoms with Crippen LogP contribution in [0.3, 0.4) is 0 Å². The fourth-order valence-electron chi connectivity index (χ4n) is 10.6. The van der Waals surface area contributed by atoms with Gasteiger partial charge in [0.1, 0.15) is 41.1 Å². The van der Waals surface area contributed by atoms with Gasteiger partial charge in [0.2, 0.25) is 11.7 Å². The van der Waals surface area contributed by atoms with E-state index in [9.17, 15) is 24.2 Å². The second-order valence-corrected chi connectivity index (χ2v) is 20.4. The van der Waals surface area contributed by atoms with Gasteiger partial charge in [0.05, 0.1) is 31.8 Å². The highest BCUT2D eigenvalue weighted by Crippen LogP contribution is 2.49. The van der Waals surface area contributed by atoms with Crippen LogP contribution in [0.1, 0.15) is 104 Å². The molecule has 14 heteroatoms. The van der Waals surface area contributed by atoms with Crippen LogP contribution in [0, 0.1) is 23.6 Å². The van der Waals surface area contributed by atoms with Crippen LogP contribution >= 0.6 is 0 Å². The minimum atomic E-state index is -1.84. The largest absolute Gasteiger partial charge is 0.458 e. The Bertz CT molecular complexity index is 3090. The van der Waals surface area contributed by atoms with Gasteiger partial charge in [0.15, 0.2) is 11.6 Å². The molecule has 7 aromatic rings. The van der Waals surface area contributed by atoms with Crippen molar-refractivity contribution in [2.24, 2.45) is 5.92 Å². The van der Waals surface area contributed by atoms with E-state index in [2.05, 4.69) is 53.2 Å². The van der Waals surface area contributed by atoms with Crippen LogP contribution in [-0.4, -0.2) is 80.0 Å². The fraction of sp³-hybridized carbons (Fsp3) is 0.311. The van der Waals surface area contributed by atoms with Crippen LogP contribution in [0.25, 0.3) is 0 Å². The number of β-lactam (4-membered cyclic amide) rings is 1. The van der Waals surface area contributed by atoms with Gasteiger partial charge in [-0.25, -0.2) is 14.1 Å². The molecule has 1 amide bonds. The zero-order valence-electron chi connectivity index (χ0n) is 42.4. The van der Waals surface area contributed by atoms with E-state index in [1.165, 1.54) is 19.1 Å². The first-order valence-corrected chi connectivity index (χ1v) is 25.1. The van der Waals surface area contributed by atoms with E-state index < -0.39 is 64.3 Å². The van der Waals surface area contributed by atoms with Crippen LogP contribution in [-0.2, 0) is 44.4 Å². The first kappa shape index (κ1) is 51.1. The molecule has 13 nitrogen and oxygen atoms in total. The number of carbonyl (C=O) groups is 2. The van der Waals surface area contributed by atoms with E-state index in [-0.39, 0.29) is 32.1 Å². The number of aliphatic hydroxyl groups is 2. The van der Waals surface area contributed by atoms with Crippen LogP contribution in [0.4, 0.5) is 10.1 Å². The first-order chi connectivity index (χ1) is 36.0. The van der Waals surface area contributed by atoms with Gasteiger partial charge in [-0.1, -0.05) is 133 Å². The molecule has 1 aromatic heterocycles. The molecule has 384 valence electrons. The number of hydrogen-bond acceptors (Lipinski definition) is 11. The average Bonchev–Trinajstić information content (AvgIpc) is 3.89. The Labute approximate surface area is 435 Å². The van der Waals surface area contributed by atoms with Crippen molar-refractivity contribution in [3.8, 4) is 11.8 Å². The predicted molar refractivity (Wildman–Crippen MR) is 277 cm³/mol. The Hall–Kier alpha value is -7.35. The van der Waals surface area contributed by atoms with E-state index in [1.807, 2.05) is 95.7 Å². The van der Waals surface area contributed by atoms with E-state index in [1.54, 1.807) is 63.2 Å². The standard InChI is InChI=1S/C61H59FN4O9/c1-41(67)74-52(43-26-30-49(62)31-27-43)35-34-51-54(44-24-28-45(29-25-44)60(70)39-73-58(4,5)75-56(60)59(69)37-71-57(2,3)72-38-59)66(55(51)68)50-32-21-42(22-33-50)23-36-53-63-40-65(64-53)61(46-15-9-6-10-16-46,47-17-11-7-12-18-47)48-19-13-8-14-20-48/h6-22,24-33,40,51-52,54,56,69-70H,34-35,37-39H2,1-5H3/t51-,52+,54-,56?,60?/m1/s1. The molecule has 3 fully saturated rings. The van der Waals surface area contributed by atoms with Crippen molar-refractivity contribution in [3.63, 3.8) is 0 Å². The summed E-state index contributed by atoms with van der Waals surface area (Å²) in [7, 11) is 0. The number of nitrogens with zero attached hydrogens (tertiary/aromatic N) is 4. The number of halogens is 1. The maximum atomic E-state index is 14.5. The number of anilines is 1. The lowest BCUT2D eigenvalue weighted by molar-refractivity contribution is -0.397. The smallest absolute Gasteiger partial charge is 0.303 e. The second-order valence-electron chi connectivity index (χ2n) is 20.4. The molecule has 75 heavy (non-hydrogen) atoms. The van der Waals surface area contributed by atoms with E-state index >= 15 is 0 Å². The van der Waals surface area contributed by atoms with Crippen molar-refractivity contribution in [2.45, 2.75) is 94.0 Å². The molecule has 0 saturated carbocycles. The van der Waals surface area contributed by atoms with E-state index in [0.29, 0.717) is 34.6 Å². The topological polar surface area (TPSA) is 155 Å². The summed E-state index contributed by atoms with van der Waals surface area (Å²) in [6.07, 6.45) is 0.398. The van der Waals surface area contributed by atoms with Crippen molar-refractivity contribution in [3.05, 3.63) is 221 Å². The summed E-state index contributed by atoms with van der Waals surface area (Å²) in [4.78, 5) is 33.2. The van der Waals surface area contributed by atoms with Crippen molar-refractivity contribution in [2.75, 3.05) is 24.7 Å². The third-order valence-corrected chi connectivity index (χ3v) is 14.4. The monoisotopic (exact) mass is 1010 g/mol. The number of ether oxygens (including phenoxy) is 5. The van der Waals surface area contributed by atoms with Gasteiger partial charge in [-0.15, -0.1) is 5.10 Å². The minimum absolute atomic E-state index is 0.144. The molecule has 3 aliphatic rings. The predicted octanol–water partition coefficient (Wildman–Crippen LogP) is 9.30. The van der Waals surface area contributed by atoms with Crippen LogP contribution in [0.2, 0.25) is 0 Å². The summed E-state index contributed by atoms with van der Waals surface area (Å²) in [5, 5.41) is 29.5. The van der Waals surface area contributed by atoms with Gasteiger partial charge in [-0.2, -0.15) is 0 Å². The quantitative estimate of drug-likeness (QED) is 0.0492. The molecule has 0 bridgehead atoms. The molecule has 0 aliphatic carbocycles. The van der Waals surface area contributed by atoms with E-state index in [0.717, 1.165) is 22.3 Å². The lowest BCUT2D eigenvalue weighted by Crippen LogP contribution is -2.69. The number of hydrogen-bond donors (Lipinski definition) is 2. The maximum absolute atomic E-state index is 14.5. The van der Waals surface area contributed by atoms with Crippen LogP contribution in [0.15, 0.2) is 170 Å². The number of rotatable bonds is 13. The molecule has 2 N–H and O–H groups in total. The molecular weight excluding hydrogens is 952 g/mol. The van der Waals surface area contributed by atoms with Crippen molar-refractivity contribution in [1.82, 2.24) is 14.8 Å². The molecule has 3 aliphatic heterocycles.